The second kappa shape index (κ2) is 10.6. The molecule has 0 spiro atoms. The second-order valence-corrected chi connectivity index (χ2v) is 7.44. The summed E-state index contributed by atoms with van der Waals surface area (Å²) in [6.07, 6.45) is 0. The molecule has 2 amide bonds. The highest BCUT2D eigenvalue weighted by atomic mass is 35.5. The third-order valence-corrected chi connectivity index (χ3v) is 4.64. The summed E-state index contributed by atoms with van der Waals surface area (Å²) in [6, 6.07) is 21.1. The van der Waals surface area contributed by atoms with Gasteiger partial charge in [-0.2, -0.15) is 0 Å². The van der Waals surface area contributed by atoms with Crippen LogP contribution in [0.4, 0.5) is 11.4 Å². The van der Waals surface area contributed by atoms with Crippen LogP contribution in [0.15, 0.2) is 72.8 Å². The van der Waals surface area contributed by atoms with E-state index in [1.54, 1.807) is 54.6 Å². The van der Waals surface area contributed by atoms with Crippen molar-refractivity contribution in [3.63, 3.8) is 0 Å². The summed E-state index contributed by atoms with van der Waals surface area (Å²) < 4.78 is 5.46. The molecular formula is C23H20ClN3O3S. The Hall–Kier alpha value is -3.42. The standard InChI is InChI=1S/C23H20ClN3O3S/c1-15-6-4-9-18(12-15)30-14-21(28)27-23(31)26-17-8-5-7-16(13-17)25-22(29)19-10-2-3-11-20(19)24/h2-13H,14H2,1H3,(H,25,29)(H2,26,27,28,31). The predicted molar refractivity (Wildman–Crippen MR) is 127 cm³/mol. The molecule has 6 nitrogen and oxygen atoms in total. The Morgan fingerprint density at radius 3 is 2.39 bits per heavy atom. The van der Waals surface area contributed by atoms with Crippen LogP contribution in [-0.2, 0) is 4.79 Å². The average molecular weight is 454 g/mol. The molecule has 0 unspecified atom stereocenters. The number of nitrogens with one attached hydrogen (secondary N) is 3. The number of thiocarbonyl (C=S) groups is 1. The van der Waals surface area contributed by atoms with Gasteiger partial charge < -0.3 is 15.4 Å². The van der Waals surface area contributed by atoms with Crippen LogP contribution in [0.5, 0.6) is 5.75 Å². The molecular weight excluding hydrogens is 434 g/mol. The lowest BCUT2D eigenvalue weighted by molar-refractivity contribution is -0.121. The predicted octanol–water partition coefficient (Wildman–Crippen LogP) is 4.79. The highest BCUT2D eigenvalue weighted by molar-refractivity contribution is 7.80. The van der Waals surface area contributed by atoms with Gasteiger partial charge in [-0.3, -0.25) is 14.9 Å². The van der Waals surface area contributed by atoms with E-state index in [-0.39, 0.29) is 23.5 Å². The topological polar surface area (TPSA) is 79.5 Å². The number of amides is 2. The number of rotatable bonds is 6. The SMILES string of the molecule is Cc1cccc(OCC(=O)NC(=S)Nc2cccc(NC(=O)c3ccccc3Cl)c2)c1. The Bertz CT molecular complexity index is 1120. The van der Waals surface area contributed by atoms with Crippen LogP contribution in [0.1, 0.15) is 15.9 Å². The zero-order valence-corrected chi connectivity index (χ0v) is 18.2. The molecule has 8 heteroatoms. The maximum absolute atomic E-state index is 12.4. The molecule has 0 aliphatic heterocycles. The van der Waals surface area contributed by atoms with Crippen molar-refractivity contribution in [2.45, 2.75) is 6.92 Å². The van der Waals surface area contributed by atoms with E-state index in [9.17, 15) is 9.59 Å². The molecule has 0 radical (unpaired) electrons. The Balaban J connectivity index is 1.52. The first-order valence-corrected chi connectivity index (χ1v) is 10.2. The Morgan fingerprint density at radius 2 is 1.65 bits per heavy atom. The number of anilines is 2. The van der Waals surface area contributed by atoms with Crippen LogP contribution in [0.25, 0.3) is 0 Å². The van der Waals surface area contributed by atoms with Gasteiger partial charge in [-0.25, -0.2) is 0 Å². The maximum Gasteiger partial charge on any atom is 0.264 e. The van der Waals surface area contributed by atoms with Gasteiger partial charge in [0.1, 0.15) is 5.75 Å². The van der Waals surface area contributed by atoms with Gasteiger partial charge in [0.15, 0.2) is 11.7 Å². The molecule has 3 N–H and O–H groups in total. The van der Waals surface area contributed by atoms with Crippen molar-refractivity contribution in [1.29, 1.82) is 0 Å². The van der Waals surface area contributed by atoms with Crippen LogP contribution in [0.2, 0.25) is 5.02 Å². The number of ether oxygens (including phenoxy) is 1. The minimum absolute atomic E-state index is 0.118. The van der Waals surface area contributed by atoms with E-state index in [1.807, 2.05) is 25.1 Å². The molecule has 3 aromatic rings. The van der Waals surface area contributed by atoms with Crippen LogP contribution in [0, 0.1) is 6.92 Å². The molecule has 0 atom stereocenters. The fourth-order valence-corrected chi connectivity index (χ4v) is 3.15. The van der Waals surface area contributed by atoms with Crippen molar-refractivity contribution < 1.29 is 14.3 Å². The summed E-state index contributed by atoms with van der Waals surface area (Å²) in [7, 11) is 0. The number of carbonyl (C=O) groups excluding carboxylic acids is 2. The van der Waals surface area contributed by atoms with Crippen LogP contribution >= 0.6 is 23.8 Å². The van der Waals surface area contributed by atoms with Crippen molar-refractivity contribution in [2.24, 2.45) is 0 Å². The molecule has 0 fully saturated rings. The van der Waals surface area contributed by atoms with Gasteiger partial charge in [-0.15, -0.1) is 0 Å². The third kappa shape index (κ3) is 6.80. The van der Waals surface area contributed by atoms with Crippen LogP contribution < -0.4 is 20.7 Å². The molecule has 0 heterocycles. The molecule has 3 aromatic carbocycles. The number of hydrogen-bond acceptors (Lipinski definition) is 4. The summed E-state index contributed by atoms with van der Waals surface area (Å²) >= 11 is 11.3. The largest absolute Gasteiger partial charge is 0.484 e. The lowest BCUT2D eigenvalue weighted by atomic mass is 10.2. The molecule has 0 saturated carbocycles. The average Bonchev–Trinajstić information content (AvgIpc) is 2.73. The van der Waals surface area contributed by atoms with Crippen molar-refractivity contribution in [2.75, 3.05) is 17.2 Å². The van der Waals surface area contributed by atoms with Crippen LogP contribution in [0.3, 0.4) is 0 Å². The third-order valence-electron chi connectivity index (χ3n) is 4.11. The quantitative estimate of drug-likeness (QED) is 0.467. The maximum atomic E-state index is 12.4. The number of hydrogen-bond donors (Lipinski definition) is 3. The molecule has 0 bridgehead atoms. The monoisotopic (exact) mass is 453 g/mol. The minimum atomic E-state index is -0.387. The van der Waals surface area contributed by atoms with E-state index in [4.69, 9.17) is 28.6 Å². The lowest BCUT2D eigenvalue weighted by Gasteiger charge is -2.12. The van der Waals surface area contributed by atoms with E-state index < -0.39 is 0 Å². The summed E-state index contributed by atoms with van der Waals surface area (Å²) in [5.41, 5.74) is 2.56. The van der Waals surface area contributed by atoms with Crippen LogP contribution in [-0.4, -0.2) is 23.5 Å². The fraction of sp³-hybridized carbons (Fsp3) is 0.0870. The van der Waals surface area contributed by atoms with Gasteiger partial charge in [0.2, 0.25) is 0 Å². The fourth-order valence-electron chi connectivity index (χ4n) is 2.70. The molecule has 0 aliphatic rings. The molecule has 0 aromatic heterocycles. The van der Waals surface area contributed by atoms with Crippen molar-refractivity contribution in [3.8, 4) is 5.75 Å². The first-order valence-electron chi connectivity index (χ1n) is 9.37. The minimum Gasteiger partial charge on any atom is -0.484 e. The van der Waals surface area contributed by atoms with Gasteiger partial charge in [0, 0.05) is 11.4 Å². The molecule has 3 rings (SSSR count). The van der Waals surface area contributed by atoms with Gasteiger partial charge in [0.05, 0.1) is 10.6 Å². The Kier molecular flexibility index (Phi) is 7.59. The highest BCUT2D eigenvalue weighted by Crippen LogP contribution is 2.19. The summed E-state index contributed by atoms with van der Waals surface area (Å²) in [5, 5.41) is 8.74. The van der Waals surface area contributed by atoms with Gasteiger partial charge in [0.25, 0.3) is 11.8 Å². The van der Waals surface area contributed by atoms with Crippen molar-refractivity contribution in [3.05, 3.63) is 88.9 Å². The molecule has 31 heavy (non-hydrogen) atoms. The van der Waals surface area contributed by atoms with Crippen molar-refractivity contribution >= 4 is 52.1 Å². The first-order chi connectivity index (χ1) is 14.9. The van der Waals surface area contributed by atoms with E-state index in [0.29, 0.717) is 27.7 Å². The Labute approximate surface area is 190 Å². The molecule has 0 aliphatic carbocycles. The molecule has 0 saturated heterocycles. The van der Waals surface area contributed by atoms with E-state index in [0.717, 1.165) is 5.56 Å². The summed E-state index contributed by atoms with van der Waals surface area (Å²) in [6.45, 7) is 1.77. The number of carbonyl (C=O) groups is 2. The van der Waals surface area contributed by atoms with Gasteiger partial charge in [-0.1, -0.05) is 41.9 Å². The van der Waals surface area contributed by atoms with Gasteiger partial charge >= 0.3 is 0 Å². The zero-order valence-electron chi connectivity index (χ0n) is 16.6. The van der Waals surface area contributed by atoms with E-state index >= 15 is 0 Å². The Morgan fingerprint density at radius 1 is 0.935 bits per heavy atom. The summed E-state index contributed by atoms with van der Waals surface area (Å²) in [5.74, 6) is -0.106. The van der Waals surface area contributed by atoms with Crippen molar-refractivity contribution in [1.82, 2.24) is 5.32 Å². The smallest absolute Gasteiger partial charge is 0.264 e. The normalized spacial score (nSPS) is 10.1. The lowest BCUT2D eigenvalue weighted by Crippen LogP contribution is -2.37. The highest BCUT2D eigenvalue weighted by Gasteiger charge is 2.11. The second-order valence-electron chi connectivity index (χ2n) is 6.62. The number of halogens is 1. The molecule has 158 valence electrons. The number of benzene rings is 3. The van der Waals surface area contributed by atoms with E-state index in [1.165, 1.54) is 0 Å². The van der Waals surface area contributed by atoms with Gasteiger partial charge in [-0.05, 0) is 67.2 Å². The van der Waals surface area contributed by atoms with E-state index in [2.05, 4.69) is 16.0 Å². The summed E-state index contributed by atoms with van der Waals surface area (Å²) in [4.78, 5) is 24.5. The number of aryl methyl sites for hydroxylation is 1. The first kappa shape index (κ1) is 22.3. The zero-order chi connectivity index (χ0) is 22.2.